The Kier molecular flexibility index (Phi) is 3.30. The van der Waals surface area contributed by atoms with Crippen LogP contribution >= 0.6 is 0 Å². The molecule has 0 radical (unpaired) electrons. The van der Waals surface area contributed by atoms with Gasteiger partial charge in [-0.15, -0.1) is 0 Å². The van der Waals surface area contributed by atoms with Gasteiger partial charge in [0.25, 0.3) is 0 Å². The first-order chi connectivity index (χ1) is 11.6. The van der Waals surface area contributed by atoms with Gasteiger partial charge in [0.2, 0.25) is 5.91 Å². The molecule has 0 bridgehead atoms. The van der Waals surface area contributed by atoms with Gasteiger partial charge < -0.3 is 14.4 Å². The summed E-state index contributed by atoms with van der Waals surface area (Å²) in [6.45, 7) is 0. The molecule has 1 fully saturated rings. The third-order valence-electron chi connectivity index (χ3n) is 4.99. The molecule has 0 saturated heterocycles. The van der Waals surface area contributed by atoms with Crippen molar-refractivity contribution < 1.29 is 19.1 Å². The van der Waals surface area contributed by atoms with E-state index in [0.717, 1.165) is 21.9 Å². The number of aliphatic carboxylic acids is 1. The molecule has 5 heteroatoms. The predicted octanol–water partition coefficient (Wildman–Crippen LogP) is 3.66. The van der Waals surface area contributed by atoms with Gasteiger partial charge in [0.05, 0.1) is 11.8 Å². The Hall–Kier alpha value is -2.82. The number of hydrogen-bond acceptors (Lipinski definition) is 3. The fourth-order valence-corrected chi connectivity index (χ4v) is 3.39. The smallest absolute Gasteiger partial charge is 0.307 e. The lowest BCUT2D eigenvalue weighted by Gasteiger charge is -2.34. The summed E-state index contributed by atoms with van der Waals surface area (Å²) in [6, 6.07) is 13.4. The molecule has 4 rings (SSSR count). The van der Waals surface area contributed by atoms with E-state index >= 15 is 0 Å². The minimum Gasteiger partial charge on any atom is -0.481 e. The maximum absolute atomic E-state index is 12.6. The van der Waals surface area contributed by atoms with Crippen LogP contribution in [0.3, 0.4) is 0 Å². The molecular weight excluding hydrogens is 306 g/mol. The van der Waals surface area contributed by atoms with Crippen molar-refractivity contribution in [1.29, 1.82) is 0 Å². The van der Waals surface area contributed by atoms with Crippen molar-refractivity contribution in [3.63, 3.8) is 0 Å². The van der Waals surface area contributed by atoms with Crippen molar-refractivity contribution in [1.82, 2.24) is 0 Å². The summed E-state index contributed by atoms with van der Waals surface area (Å²) in [5.41, 5.74) is 2.24. The number of rotatable bonds is 3. The number of fused-ring (bicyclic) bond motifs is 3. The average molecular weight is 323 g/mol. The molecule has 24 heavy (non-hydrogen) atoms. The Labute approximate surface area is 138 Å². The monoisotopic (exact) mass is 323 g/mol. The van der Waals surface area contributed by atoms with Crippen molar-refractivity contribution in [2.45, 2.75) is 12.8 Å². The number of carbonyl (C=O) groups excluding carboxylic acids is 1. The van der Waals surface area contributed by atoms with Crippen LogP contribution in [-0.4, -0.2) is 24.0 Å². The van der Waals surface area contributed by atoms with E-state index in [9.17, 15) is 9.59 Å². The zero-order chi connectivity index (χ0) is 16.8. The van der Waals surface area contributed by atoms with Crippen LogP contribution in [0.15, 0.2) is 46.9 Å². The number of carbonyl (C=O) groups is 2. The van der Waals surface area contributed by atoms with E-state index in [2.05, 4.69) is 0 Å². The maximum Gasteiger partial charge on any atom is 0.307 e. The summed E-state index contributed by atoms with van der Waals surface area (Å²) in [6.07, 6.45) is 1.20. The average Bonchev–Trinajstić information content (AvgIpc) is 2.90. The molecule has 1 saturated carbocycles. The van der Waals surface area contributed by atoms with Crippen molar-refractivity contribution in [3.8, 4) is 0 Å². The Bertz CT molecular complexity index is 958. The Morgan fingerprint density at radius 2 is 1.75 bits per heavy atom. The van der Waals surface area contributed by atoms with E-state index in [-0.39, 0.29) is 5.91 Å². The van der Waals surface area contributed by atoms with Crippen molar-refractivity contribution in [3.05, 3.63) is 42.5 Å². The predicted molar refractivity (Wildman–Crippen MR) is 91.0 cm³/mol. The summed E-state index contributed by atoms with van der Waals surface area (Å²) < 4.78 is 5.85. The molecule has 2 aromatic carbocycles. The van der Waals surface area contributed by atoms with E-state index in [1.807, 2.05) is 42.5 Å². The van der Waals surface area contributed by atoms with Crippen LogP contribution in [0.2, 0.25) is 0 Å². The van der Waals surface area contributed by atoms with Crippen LogP contribution in [0, 0.1) is 11.8 Å². The zero-order valence-corrected chi connectivity index (χ0v) is 13.2. The topological polar surface area (TPSA) is 70.8 Å². The lowest BCUT2D eigenvalue weighted by Crippen LogP contribution is -2.44. The molecule has 1 aliphatic carbocycles. The molecule has 1 aliphatic rings. The Morgan fingerprint density at radius 3 is 2.46 bits per heavy atom. The minimum atomic E-state index is -0.888. The zero-order valence-electron chi connectivity index (χ0n) is 13.2. The number of carboxylic acid groups (broad SMARTS) is 1. The largest absolute Gasteiger partial charge is 0.481 e. The number of hydrogen-bond donors (Lipinski definition) is 1. The van der Waals surface area contributed by atoms with Crippen molar-refractivity contribution in [2.24, 2.45) is 11.8 Å². The van der Waals surface area contributed by atoms with Gasteiger partial charge in [-0.2, -0.15) is 0 Å². The SMILES string of the molecule is CN(C(=O)[C@@H]1CC[C@@H]1C(=O)O)c1ccc2c(c1)oc1ccccc12. The van der Waals surface area contributed by atoms with Crippen LogP contribution in [0.4, 0.5) is 5.69 Å². The number of benzene rings is 2. The van der Waals surface area contributed by atoms with E-state index in [0.29, 0.717) is 18.5 Å². The van der Waals surface area contributed by atoms with Crippen LogP contribution in [0.1, 0.15) is 12.8 Å². The quantitative estimate of drug-likeness (QED) is 0.798. The first-order valence-electron chi connectivity index (χ1n) is 7.98. The molecule has 3 aromatic rings. The van der Waals surface area contributed by atoms with E-state index in [1.54, 1.807) is 7.05 Å². The Balaban J connectivity index is 1.67. The van der Waals surface area contributed by atoms with Crippen LogP contribution in [0.25, 0.3) is 21.9 Å². The van der Waals surface area contributed by atoms with Gasteiger partial charge >= 0.3 is 5.97 Å². The number of anilines is 1. The van der Waals surface area contributed by atoms with Crippen LogP contribution in [-0.2, 0) is 9.59 Å². The second kappa shape index (κ2) is 5.37. The first-order valence-corrected chi connectivity index (χ1v) is 7.98. The molecular formula is C19H17NO4. The molecule has 0 spiro atoms. The molecule has 1 N–H and O–H groups in total. The van der Waals surface area contributed by atoms with Gasteiger partial charge in [0.1, 0.15) is 11.2 Å². The molecule has 5 nitrogen and oxygen atoms in total. The van der Waals surface area contributed by atoms with Gasteiger partial charge in [-0.3, -0.25) is 9.59 Å². The summed E-state index contributed by atoms with van der Waals surface area (Å²) in [4.78, 5) is 25.3. The van der Waals surface area contributed by atoms with Gasteiger partial charge in [-0.25, -0.2) is 0 Å². The number of nitrogens with zero attached hydrogens (tertiary/aromatic N) is 1. The number of amides is 1. The highest BCUT2D eigenvalue weighted by atomic mass is 16.4. The summed E-state index contributed by atoms with van der Waals surface area (Å²) in [7, 11) is 1.68. The van der Waals surface area contributed by atoms with Crippen LogP contribution < -0.4 is 4.90 Å². The molecule has 2 atom stereocenters. The van der Waals surface area contributed by atoms with E-state index in [4.69, 9.17) is 9.52 Å². The van der Waals surface area contributed by atoms with Crippen molar-refractivity contribution >= 4 is 39.5 Å². The highest BCUT2D eigenvalue weighted by Crippen LogP contribution is 2.37. The molecule has 1 heterocycles. The fourth-order valence-electron chi connectivity index (χ4n) is 3.39. The van der Waals surface area contributed by atoms with Crippen LogP contribution in [0.5, 0.6) is 0 Å². The second-order valence-corrected chi connectivity index (χ2v) is 6.30. The number of para-hydroxylation sites is 1. The summed E-state index contributed by atoms with van der Waals surface area (Å²) in [5, 5.41) is 11.2. The minimum absolute atomic E-state index is 0.149. The third-order valence-corrected chi connectivity index (χ3v) is 4.99. The van der Waals surface area contributed by atoms with Gasteiger partial charge in [0, 0.05) is 29.6 Å². The summed E-state index contributed by atoms with van der Waals surface area (Å²) >= 11 is 0. The molecule has 0 unspecified atom stereocenters. The highest BCUT2D eigenvalue weighted by molar-refractivity contribution is 6.07. The molecule has 1 aromatic heterocycles. The number of furan rings is 1. The Morgan fingerprint density at radius 1 is 1.04 bits per heavy atom. The normalized spacial score (nSPS) is 20.0. The summed E-state index contributed by atoms with van der Waals surface area (Å²) in [5.74, 6) is -2.03. The number of carboxylic acids is 1. The van der Waals surface area contributed by atoms with E-state index < -0.39 is 17.8 Å². The highest BCUT2D eigenvalue weighted by Gasteiger charge is 2.42. The lowest BCUT2D eigenvalue weighted by atomic mass is 9.73. The van der Waals surface area contributed by atoms with Gasteiger partial charge in [-0.05, 0) is 31.0 Å². The third kappa shape index (κ3) is 2.16. The molecule has 122 valence electrons. The molecule has 0 aliphatic heterocycles. The second-order valence-electron chi connectivity index (χ2n) is 6.30. The van der Waals surface area contributed by atoms with Crippen molar-refractivity contribution in [2.75, 3.05) is 11.9 Å². The van der Waals surface area contributed by atoms with E-state index in [1.165, 1.54) is 4.90 Å². The standard InChI is InChI=1S/C19H17NO4/c1-20(18(21)14-8-9-15(14)19(22)23)11-6-7-13-12-4-2-3-5-16(12)24-17(13)10-11/h2-7,10,14-15H,8-9H2,1H3,(H,22,23)/t14-,15+/m1/s1. The maximum atomic E-state index is 12.6. The lowest BCUT2D eigenvalue weighted by molar-refractivity contribution is -0.151. The van der Waals surface area contributed by atoms with Gasteiger partial charge in [0.15, 0.2) is 0 Å². The fraction of sp³-hybridized carbons (Fsp3) is 0.263. The van der Waals surface area contributed by atoms with Gasteiger partial charge in [-0.1, -0.05) is 18.2 Å². The first kappa shape index (κ1) is 14.8. The molecule has 1 amide bonds.